The Bertz CT molecular complexity index is 850. The number of Topliss-reactive ketones (excluding diaryl/α,β-unsaturated/α-hetero) is 1. The SMILES string of the molecule is C=Cc1ccc(COC2(CCBr)C=CC(C(=O)c3ccccc3)=CC2)cc1. The summed E-state index contributed by atoms with van der Waals surface area (Å²) in [5, 5.41) is 0.836. The molecule has 1 aliphatic rings. The molecule has 0 radical (unpaired) electrons. The van der Waals surface area contributed by atoms with Gasteiger partial charge in [-0.2, -0.15) is 0 Å². The third-order valence-corrected chi connectivity index (χ3v) is 5.19. The molecule has 1 unspecified atom stereocenters. The van der Waals surface area contributed by atoms with Gasteiger partial charge in [-0.25, -0.2) is 0 Å². The van der Waals surface area contributed by atoms with E-state index in [1.165, 1.54) is 0 Å². The van der Waals surface area contributed by atoms with E-state index in [0.717, 1.165) is 28.5 Å². The lowest BCUT2D eigenvalue weighted by Gasteiger charge is -2.32. The first-order valence-corrected chi connectivity index (χ1v) is 10.2. The highest BCUT2D eigenvalue weighted by molar-refractivity contribution is 9.09. The van der Waals surface area contributed by atoms with Crippen molar-refractivity contribution in [3.8, 4) is 0 Å². The van der Waals surface area contributed by atoms with Crippen molar-refractivity contribution >= 4 is 27.8 Å². The first-order chi connectivity index (χ1) is 13.2. The van der Waals surface area contributed by atoms with E-state index in [2.05, 4.69) is 34.6 Å². The molecule has 2 nitrogen and oxygen atoms in total. The summed E-state index contributed by atoms with van der Waals surface area (Å²) in [7, 11) is 0. The van der Waals surface area contributed by atoms with E-state index in [0.29, 0.717) is 18.6 Å². The van der Waals surface area contributed by atoms with Crippen LogP contribution in [-0.4, -0.2) is 16.7 Å². The van der Waals surface area contributed by atoms with Gasteiger partial charge in [0.15, 0.2) is 5.78 Å². The van der Waals surface area contributed by atoms with Gasteiger partial charge in [0.25, 0.3) is 0 Å². The van der Waals surface area contributed by atoms with Crippen LogP contribution in [0.5, 0.6) is 0 Å². The number of allylic oxidation sites excluding steroid dienone is 2. The van der Waals surface area contributed by atoms with Crippen LogP contribution in [0.15, 0.2) is 85.0 Å². The highest BCUT2D eigenvalue weighted by Gasteiger charge is 2.30. The Kier molecular flexibility index (Phi) is 6.59. The van der Waals surface area contributed by atoms with Crippen molar-refractivity contribution in [2.45, 2.75) is 25.0 Å². The Morgan fingerprint density at radius 2 is 1.89 bits per heavy atom. The van der Waals surface area contributed by atoms with E-state index in [4.69, 9.17) is 4.74 Å². The molecule has 0 spiro atoms. The number of rotatable bonds is 8. The lowest BCUT2D eigenvalue weighted by molar-refractivity contribution is -0.0208. The normalized spacial score (nSPS) is 18.8. The third-order valence-electron chi connectivity index (χ3n) is 4.79. The van der Waals surface area contributed by atoms with E-state index in [-0.39, 0.29) is 11.4 Å². The van der Waals surface area contributed by atoms with Gasteiger partial charge in [0.2, 0.25) is 0 Å². The number of carbonyl (C=O) groups is 1. The molecule has 1 aliphatic carbocycles. The molecule has 0 fully saturated rings. The van der Waals surface area contributed by atoms with Gasteiger partial charge in [0.1, 0.15) is 0 Å². The summed E-state index contributed by atoms with van der Waals surface area (Å²) in [6, 6.07) is 17.6. The van der Waals surface area contributed by atoms with E-state index >= 15 is 0 Å². The molecule has 0 amide bonds. The van der Waals surface area contributed by atoms with Crippen LogP contribution in [0, 0.1) is 0 Å². The van der Waals surface area contributed by atoms with Crippen molar-refractivity contribution in [3.05, 3.63) is 102 Å². The van der Waals surface area contributed by atoms with E-state index < -0.39 is 0 Å². The van der Waals surface area contributed by atoms with Crippen LogP contribution in [0.25, 0.3) is 6.08 Å². The predicted octanol–water partition coefficient (Wildman–Crippen LogP) is 6.14. The summed E-state index contributed by atoms with van der Waals surface area (Å²) in [4.78, 5) is 12.6. The number of benzene rings is 2. The van der Waals surface area contributed by atoms with Crippen molar-refractivity contribution < 1.29 is 9.53 Å². The lowest BCUT2D eigenvalue weighted by atomic mass is 9.87. The van der Waals surface area contributed by atoms with Crippen LogP contribution in [0.1, 0.15) is 34.3 Å². The minimum absolute atomic E-state index is 0.0549. The van der Waals surface area contributed by atoms with E-state index in [1.807, 2.05) is 66.8 Å². The quantitative estimate of drug-likeness (QED) is 0.377. The minimum Gasteiger partial charge on any atom is -0.366 e. The van der Waals surface area contributed by atoms with Crippen LogP contribution < -0.4 is 0 Å². The Morgan fingerprint density at radius 3 is 2.48 bits per heavy atom. The van der Waals surface area contributed by atoms with Crippen LogP contribution in [0.2, 0.25) is 0 Å². The molecule has 0 aliphatic heterocycles. The predicted molar refractivity (Wildman–Crippen MR) is 115 cm³/mol. The molecule has 1 atom stereocenters. The van der Waals surface area contributed by atoms with Gasteiger partial charge in [-0.15, -0.1) is 0 Å². The summed E-state index contributed by atoms with van der Waals surface area (Å²) in [5.41, 5.74) is 3.27. The molecular weight excluding hydrogens is 400 g/mol. The van der Waals surface area contributed by atoms with Gasteiger partial charge in [0, 0.05) is 16.5 Å². The van der Waals surface area contributed by atoms with Crippen LogP contribution >= 0.6 is 15.9 Å². The monoisotopic (exact) mass is 422 g/mol. The summed E-state index contributed by atoms with van der Waals surface area (Å²) < 4.78 is 6.31. The first-order valence-electron chi connectivity index (χ1n) is 9.06. The smallest absolute Gasteiger partial charge is 0.192 e. The molecule has 0 heterocycles. The average Bonchev–Trinajstić information content (AvgIpc) is 2.74. The topological polar surface area (TPSA) is 26.3 Å². The van der Waals surface area contributed by atoms with Crippen LogP contribution in [-0.2, 0) is 11.3 Å². The second kappa shape index (κ2) is 9.12. The number of carbonyl (C=O) groups excluding carboxylic acids is 1. The Labute approximate surface area is 169 Å². The zero-order chi connectivity index (χ0) is 19.1. The number of ketones is 1. The first kappa shape index (κ1) is 19.5. The summed E-state index contributed by atoms with van der Waals surface area (Å²) in [6.07, 6.45) is 9.31. The second-order valence-corrected chi connectivity index (χ2v) is 7.42. The van der Waals surface area contributed by atoms with Gasteiger partial charge in [0.05, 0.1) is 12.2 Å². The van der Waals surface area contributed by atoms with E-state index in [9.17, 15) is 4.79 Å². The molecule has 2 aromatic rings. The van der Waals surface area contributed by atoms with Crippen molar-refractivity contribution in [1.29, 1.82) is 0 Å². The number of alkyl halides is 1. The fourth-order valence-corrected chi connectivity index (χ4v) is 3.76. The highest BCUT2D eigenvalue weighted by atomic mass is 79.9. The number of halogens is 1. The molecule has 0 saturated heterocycles. The van der Waals surface area contributed by atoms with Crippen LogP contribution in [0.3, 0.4) is 0 Å². The third kappa shape index (κ3) is 4.94. The molecule has 0 N–H and O–H groups in total. The summed E-state index contributed by atoms with van der Waals surface area (Å²) in [5.74, 6) is 0.0549. The molecule has 3 rings (SSSR count). The zero-order valence-corrected chi connectivity index (χ0v) is 16.8. The molecule has 138 valence electrons. The maximum atomic E-state index is 12.6. The van der Waals surface area contributed by atoms with E-state index in [1.54, 1.807) is 0 Å². The van der Waals surface area contributed by atoms with Crippen molar-refractivity contribution in [2.75, 3.05) is 5.33 Å². The van der Waals surface area contributed by atoms with Crippen molar-refractivity contribution in [1.82, 2.24) is 0 Å². The maximum absolute atomic E-state index is 12.6. The molecule has 27 heavy (non-hydrogen) atoms. The minimum atomic E-state index is -0.388. The molecule has 3 heteroatoms. The number of ether oxygens (including phenoxy) is 1. The van der Waals surface area contributed by atoms with Gasteiger partial charge in [-0.05, 0) is 24.0 Å². The summed E-state index contributed by atoms with van der Waals surface area (Å²) in [6.45, 7) is 4.31. The highest BCUT2D eigenvalue weighted by Crippen LogP contribution is 2.31. The van der Waals surface area contributed by atoms with Crippen molar-refractivity contribution in [3.63, 3.8) is 0 Å². The van der Waals surface area contributed by atoms with Crippen molar-refractivity contribution in [2.24, 2.45) is 0 Å². The largest absolute Gasteiger partial charge is 0.366 e. The van der Waals surface area contributed by atoms with Gasteiger partial charge >= 0.3 is 0 Å². The molecular formula is C24H23BrO2. The standard InChI is InChI=1S/C24H23BrO2/c1-2-19-8-10-20(11-9-19)18-27-24(16-17-25)14-12-22(13-15-24)23(26)21-6-4-3-5-7-21/h2-14H,1,15-18H2. The molecule has 0 aromatic heterocycles. The zero-order valence-electron chi connectivity index (χ0n) is 15.2. The van der Waals surface area contributed by atoms with Crippen LogP contribution in [0.4, 0.5) is 0 Å². The van der Waals surface area contributed by atoms with Gasteiger partial charge in [-0.3, -0.25) is 4.79 Å². The lowest BCUT2D eigenvalue weighted by Crippen LogP contribution is -2.32. The second-order valence-electron chi connectivity index (χ2n) is 6.63. The van der Waals surface area contributed by atoms with Gasteiger partial charge < -0.3 is 4.74 Å². The Morgan fingerprint density at radius 1 is 1.15 bits per heavy atom. The average molecular weight is 423 g/mol. The van der Waals surface area contributed by atoms with Gasteiger partial charge in [-0.1, -0.05) is 101 Å². The molecule has 0 bridgehead atoms. The Hall–Kier alpha value is -2.23. The fourth-order valence-electron chi connectivity index (χ4n) is 3.09. The maximum Gasteiger partial charge on any atom is 0.192 e. The fraction of sp³-hybridized carbons (Fsp3) is 0.208. The summed E-state index contributed by atoms with van der Waals surface area (Å²) >= 11 is 3.53. The number of hydrogen-bond donors (Lipinski definition) is 0. The number of hydrogen-bond acceptors (Lipinski definition) is 2. The molecule has 0 saturated carbocycles. The Balaban J connectivity index is 1.69. The molecule has 2 aromatic carbocycles.